The first-order valence-corrected chi connectivity index (χ1v) is 10.6. The molecule has 5 rings (SSSR count). The Hall–Kier alpha value is -4.17. The summed E-state index contributed by atoms with van der Waals surface area (Å²) in [6.45, 7) is 1.81. The lowest BCUT2D eigenvalue weighted by molar-refractivity contribution is -0.113. The lowest BCUT2D eigenvalue weighted by Gasteiger charge is -2.28. The minimum absolute atomic E-state index is 0.0929. The smallest absolute Gasteiger partial charge is 0.255 e. The maximum atomic E-state index is 13.4. The van der Waals surface area contributed by atoms with Gasteiger partial charge in [-0.05, 0) is 61.0 Å². The Kier molecular flexibility index (Phi) is 5.27. The van der Waals surface area contributed by atoms with Crippen LogP contribution in [0.15, 0.2) is 84.3 Å². The molecule has 2 aromatic carbocycles. The summed E-state index contributed by atoms with van der Waals surface area (Å²) in [5.41, 5.74) is 3.14. The van der Waals surface area contributed by atoms with E-state index < -0.39 is 6.04 Å². The van der Waals surface area contributed by atoms with Gasteiger partial charge in [-0.25, -0.2) is 4.68 Å². The minimum atomic E-state index is -0.612. The Morgan fingerprint density at radius 3 is 2.70 bits per heavy atom. The second kappa shape index (κ2) is 8.40. The molecule has 0 aliphatic carbocycles. The molecule has 4 aromatic rings. The van der Waals surface area contributed by atoms with Gasteiger partial charge in [-0.15, -0.1) is 5.10 Å². The molecule has 0 spiro atoms. The Morgan fingerprint density at radius 2 is 1.97 bits per heavy atom. The Labute approximate surface area is 194 Å². The van der Waals surface area contributed by atoms with E-state index in [0.717, 1.165) is 5.56 Å². The molecule has 164 valence electrons. The van der Waals surface area contributed by atoms with Crippen LogP contribution < -0.4 is 10.6 Å². The summed E-state index contributed by atoms with van der Waals surface area (Å²) in [5.74, 6) is 0.760. The second-order valence-corrected chi connectivity index (χ2v) is 8.00. The summed E-state index contributed by atoms with van der Waals surface area (Å²) >= 11 is 6.02. The number of hydrogen-bond acceptors (Lipinski definition) is 6. The Bertz CT molecular complexity index is 1370. The molecule has 1 aliphatic heterocycles. The number of hydrogen-bond donors (Lipinski definition) is 3. The van der Waals surface area contributed by atoms with Gasteiger partial charge in [0.2, 0.25) is 5.95 Å². The van der Waals surface area contributed by atoms with Gasteiger partial charge < -0.3 is 15.7 Å². The van der Waals surface area contributed by atoms with Gasteiger partial charge in [0, 0.05) is 22.5 Å². The summed E-state index contributed by atoms with van der Waals surface area (Å²) in [7, 11) is 0. The standard InChI is InChI=1S/C24H19ClN6O2/c1-14-20(23(33)28-18-5-3-11-26-13-18)21(16-4-2-6-19(32)12-16)31-24(27-14)29-22(30-31)15-7-9-17(25)10-8-15/h2-13,21,32H,1H3,(H,28,33)(H,27,29,30). The summed E-state index contributed by atoms with van der Waals surface area (Å²) < 4.78 is 1.66. The first-order valence-electron chi connectivity index (χ1n) is 10.2. The molecule has 1 amide bonds. The number of rotatable bonds is 4. The zero-order chi connectivity index (χ0) is 22.9. The van der Waals surface area contributed by atoms with E-state index in [2.05, 4.69) is 20.6 Å². The molecule has 9 heteroatoms. The molecule has 1 aliphatic rings. The van der Waals surface area contributed by atoms with Gasteiger partial charge in [-0.3, -0.25) is 9.78 Å². The van der Waals surface area contributed by atoms with Gasteiger partial charge in [0.05, 0.1) is 17.5 Å². The number of nitrogens with one attached hydrogen (secondary N) is 2. The highest BCUT2D eigenvalue weighted by atomic mass is 35.5. The number of aromatic nitrogens is 4. The molecule has 3 heterocycles. The summed E-state index contributed by atoms with van der Waals surface area (Å²) in [4.78, 5) is 22.1. The van der Waals surface area contributed by atoms with Crippen molar-refractivity contribution in [2.45, 2.75) is 13.0 Å². The van der Waals surface area contributed by atoms with Crippen LogP contribution in [0.5, 0.6) is 5.75 Å². The number of allylic oxidation sites excluding steroid dienone is 1. The lowest BCUT2D eigenvalue weighted by atomic mass is 9.95. The van der Waals surface area contributed by atoms with Gasteiger partial charge in [-0.2, -0.15) is 4.98 Å². The van der Waals surface area contributed by atoms with Gasteiger partial charge in [-0.1, -0.05) is 23.7 Å². The maximum absolute atomic E-state index is 13.4. The molecule has 0 bridgehead atoms. The van der Waals surface area contributed by atoms with Crippen molar-refractivity contribution in [3.63, 3.8) is 0 Å². The third kappa shape index (κ3) is 4.04. The highest BCUT2D eigenvalue weighted by Crippen LogP contribution is 2.37. The first-order chi connectivity index (χ1) is 16.0. The predicted octanol–water partition coefficient (Wildman–Crippen LogP) is 4.63. The van der Waals surface area contributed by atoms with E-state index >= 15 is 0 Å². The molecule has 0 saturated carbocycles. The van der Waals surface area contributed by atoms with Crippen molar-refractivity contribution in [1.29, 1.82) is 0 Å². The quantitative estimate of drug-likeness (QED) is 0.412. The molecule has 0 fully saturated rings. The summed E-state index contributed by atoms with van der Waals surface area (Å²) in [6.07, 6.45) is 3.21. The van der Waals surface area contributed by atoms with Crippen LogP contribution in [0, 0.1) is 0 Å². The number of phenols is 1. The molecule has 3 N–H and O–H groups in total. The van der Waals surface area contributed by atoms with E-state index in [9.17, 15) is 9.90 Å². The average Bonchev–Trinajstić information content (AvgIpc) is 3.22. The van der Waals surface area contributed by atoms with Crippen LogP contribution in [0.25, 0.3) is 11.4 Å². The maximum Gasteiger partial charge on any atom is 0.255 e. The monoisotopic (exact) mass is 458 g/mol. The number of nitrogens with zero attached hydrogens (tertiary/aromatic N) is 4. The van der Waals surface area contributed by atoms with Crippen molar-refractivity contribution >= 4 is 29.1 Å². The summed E-state index contributed by atoms with van der Waals surface area (Å²) in [5, 5.41) is 21.5. The third-order valence-electron chi connectivity index (χ3n) is 5.30. The number of anilines is 2. The first kappa shape index (κ1) is 20.7. The van der Waals surface area contributed by atoms with Crippen molar-refractivity contribution in [1.82, 2.24) is 19.7 Å². The van der Waals surface area contributed by atoms with Gasteiger partial charge in [0.25, 0.3) is 5.91 Å². The predicted molar refractivity (Wildman–Crippen MR) is 126 cm³/mol. The minimum Gasteiger partial charge on any atom is -0.508 e. The van der Waals surface area contributed by atoms with Crippen molar-refractivity contribution in [2.24, 2.45) is 0 Å². The van der Waals surface area contributed by atoms with Crippen LogP contribution in [0.2, 0.25) is 5.02 Å². The highest BCUT2D eigenvalue weighted by Gasteiger charge is 2.34. The van der Waals surface area contributed by atoms with Crippen molar-refractivity contribution in [3.05, 3.63) is 94.9 Å². The van der Waals surface area contributed by atoms with E-state index in [1.54, 1.807) is 59.5 Å². The van der Waals surface area contributed by atoms with E-state index in [4.69, 9.17) is 16.7 Å². The molecule has 33 heavy (non-hydrogen) atoms. The van der Waals surface area contributed by atoms with E-state index in [1.165, 1.54) is 0 Å². The van der Waals surface area contributed by atoms with Gasteiger partial charge in [0.1, 0.15) is 11.8 Å². The highest BCUT2D eigenvalue weighted by molar-refractivity contribution is 6.30. The van der Waals surface area contributed by atoms with Crippen LogP contribution in [0.4, 0.5) is 11.6 Å². The van der Waals surface area contributed by atoms with Crippen LogP contribution >= 0.6 is 11.6 Å². The Morgan fingerprint density at radius 1 is 1.15 bits per heavy atom. The Balaban J connectivity index is 1.61. The number of aromatic hydroxyl groups is 1. The fraction of sp³-hybridized carbons (Fsp3) is 0.0833. The third-order valence-corrected chi connectivity index (χ3v) is 5.56. The largest absolute Gasteiger partial charge is 0.508 e. The van der Waals surface area contributed by atoms with Crippen LogP contribution in [-0.4, -0.2) is 30.8 Å². The van der Waals surface area contributed by atoms with Crippen molar-refractivity contribution < 1.29 is 9.90 Å². The molecule has 2 aromatic heterocycles. The average molecular weight is 459 g/mol. The molecular weight excluding hydrogens is 440 g/mol. The van der Waals surface area contributed by atoms with Crippen LogP contribution in [0.3, 0.4) is 0 Å². The number of fused-ring (bicyclic) bond motifs is 1. The molecule has 1 atom stereocenters. The van der Waals surface area contributed by atoms with Gasteiger partial charge >= 0.3 is 0 Å². The van der Waals surface area contributed by atoms with Crippen molar-refractivity contribution in [3.8, 4) is 17.1 Å². The topological polar surface area (TPSA) is 105 Å². The van der Waals surface area contributed by atoms with E-state index in [1.807, 2.05) is 25.1 Å². The summed E-state index contributed by atoms with van der Waals surface area (Å²) in [6, 6.07) is 16.9. The number of carbonyl (C=O) groups is 1. The second-order valence-electron chi connectivity index (χ2n) is 7.57. The SMILES string of the molecule is CC1=C(C(=O)Nc2cccnc2)C(c2cccc(O)c2)n2nc(-c3ccc(Cl)cc3)nc2N1. The number of carbonyl (C=O) groups excluding carboxylic acids is 1. The lowest BCUT2D eigenvalue weighted by Crippen LogP contribution is -2.31. The molecule has 0 radical (unpaired) electrons. The zero-order valence-electron chi connectivity index (χ0n) is 17.5. The molecule has 1 unspecified atom stereocenters. The van der Waals surface area contributed by atoms with Crippen LogP contribution in [0.1, 0.15) is 18.5 Å². The van der Waals surface area contributed by atoms with Crippen LogP contribution in [-0.2, 0) is 4.79 Å². The number of benzene rings is 2. The van der Waals surface area contributed by atoms with Crippen molar-refractivity contribution in [2.75, 3.05) is 10.6 Å². The van der Waals surface area contributed by atoms with Gasteiger partial charge in [0.15, 0.2) is 5.82 Å². The zero-order valence-corrected chi connectivity index (χ0v) is 18.3. The number of phenolic OH excluding ortho intramolecular Hbond substituents is 1. The van der Waals surface area contributed by atoms with E-state index in [0.29, 0.717) is 39.3 Å². The number of pyridine rings is 1. The molecule has 0 saturated heterocycles. The number of halogens is 1. The fourth-order valence-corrected chi connectivity index (χ4v) is 3.93. The van der Waals surface area contributed by atoms with E-state index in [-0.39, 0.29) is 11.7 Å². The fourth-order valence-electron chi connectivity index (χ4n) is 3.80. The number of amides is 1. The molecule has 8 nitrogen and oxygen atoms in total. The molecular formula is C24H19ClN6O2. The normalized spacial score (nSPS) is 15.0.